The number of likely N-dealkylation sites (N-methyl/N-ethyl adjacent to an activating group) is 1. The van der Waals surface area contributed by atoms with Crippen molar-refractivity contribution in [3.63, 3.8) is 0 Å². The molecule has 0 aliphatic rings. The Morgan fingerprint density at radius 1 is 1.35 bits per heavy atom. The highest BCUT2D eigenvalue weighted by Gasteiger charge is 2.18. The van der Waals surface area contributed by atoms with E-state index < -0.39 is 11.5 Å². The van der Waals surface area contributed by atoms with Crippen molar-refractivity contribution in [1.29, 1.82) is 0 Å². The van der Waals surface area contributed by atoms with Crippen LogP contribution in [0.15, 0.2) is 16.0 Å². The zero-order valence-electron chi connectivity index (χ0n) is 15.5. The average molecular weight is 384 g/mol. The lowest BCUT2D eigenvalue weighted by atomic mass is 10.1. The van der Waals surface area contributed by atoms with Gasteiger partial charge in [-0.25, -0.2) is 4.98 Å². The summed E-state index contributed by atoms with van der Waals surface area (Å²) in [6.07, 6.45) is -0.130. The third-order valence-corrected chi connectivity index (χ3v) is 3.84. The predicted molar refractivity (Wildman–Crippen MR) is 96.8 cm³/mol. The van der Waals surface area contributed by atoms with Gasteiger partial charge in [0.25, 0.3) is 5.56 Å². The SMILES string of the molecule is COC(=O)Cc1cc(=O)[nH]c(SCC(=O)N(C)CC(=O)NC(C)(C)C)n1. The molecule has 10 heteroatoms. The molecule has 2 amide bonds. The van der Waals surface area contributed by atoms with E-state index in [0.29, 0.717) is 0 Å². The molecule has 1 rings (SSSR count). The zero-order valence-corrected chi connectivity index (χ0v) is 16.4. The maximum atomic E-state index is 12.1. The van der Waals surface area contributed by atoms with Crippen LogP contribution in [0.2, 0.25) is 0 Å². The number of carbonyl (C=O) groups excluding carboxylic acids is 3. The van der Waals surface area contributed by atoms with Gasteiger partial charge >= 0.3 is 5.97 Å². The monoisotopic (exact) mass is 384 g/mol. The molecule has 0 aromatic carbocycles. The number of amides is 2. The predicted octanol–water partition coefficient (Wildman–Crippen LogP) is -0.0494. The summed E-state index contributed by atoms with van der Waals surface area (Å²) >= 11 is 1.02. The molecule has 144 valence electrons. The number of rotatable bonds is 7. The Hall–Kier alpha value is -2.36. The van der Waals surface area contributed by atoms with Crippen LogP contribution in [0.25, 0.3) is 0 Å². The number of nitrogens with zero attached hydrogens (tertiary/aromatic N) is 2. The Kier molecular flexibility index (Phi) is 7.81. The lowest BCUT2D eigenvalue weighted by molar-refractivity contribution is -0.139. The highest BCUT2D eigenvalue weighted by atomic mass is 32.2. The molecule has 0 aliphatic carbocycles. The highest BCUT2D eigenvalue weighted by Crippen LogP contribution is 2.12. The quantitative estimate of drug-likeness (QED) is 0.384. The minimum absolute atomic E-state index is 0.0100. The van der Waals surface area contributed by atoms with E-state index in [9.17, 15) is 19.2 Å². The van der Waals surface area contributed by atoms with Crippen LogP contribution in [0, 0.1) is 0 Å². The highest BCUT2D eigenvalue weighted by molar-refractivity contribution is 7.99. The van der Waals surface area contributed by atoms with Gasteiger partial charge in [-0.05, 0) is 20.8 Å². The lowest BCUT2D eigenvalue weighted by Gasteiger charge is -2.23. The van der Waals surface area contributed by atoms with Gasteiger partial charge in [-0.2, -0.15) is 0 Å². The van der Waals surface area contributed by atoms with Gasteiger partial charge in [0, 0.05) is 18.7 Å². The van der Waals surface area contributed by atoms with Crippen LogP contribution in [0.3, 0.4) is 0 Å². The van der Waals surface area contributed by atoms with Gasteiger partial charge in [-0.15, -0.1) is 0 Å². The second-order valence-electron chi connectivity index (χ2n) is 6.63. The molecule has 0 radical (unpaired) electrons. The van der Waals surface area contributed by atoms with Crippen LogP contribution in [0.5, 0.6) is 0 Å². The largest absolute Gasteiger partial charge is 0.469 e. The smallest absolute Gasteiger partial charge is 0.311 e. The summed E-state index contributed by atoms with van der Waals surface area (Å²) in [6.45, 7) is 5.49. The minimum atomic E-state index is -0.514. The van der Waals surface area contributed by atoms with Gasteiger partial charge < -0.3 is 19.9 Å². The molecule has 26 heavy (non-hydrogen) atoms. The van der Waals surface area contributed by atoms with Crippen molar-refractivity contribution in [2.45, 2.75) is 37.9 Å². The molecule has 0 aliphatic heterocycles. The summed E-state index contributed by atoms with van der Waals surface area (Å²) < 4.78 is 4.54. The molecule has 0 atom stereocenters. The van der Waals surface area contributed by atoms with Gasteiger partial charge in [0.1, 0.15) is 0 Å². The van der Waals surface area contributed by atoms with E-state index in [2.05, 4.69) is 20.0 Å². The number of ether oxygens (including phenoxy) is 1. The maximum absolute atomic E-state index is 12.1. The normalized spacial score (nSPS) is 11.0. The molecule has 1 heterocycles. The fraction of sp³-hybridized carbons (Fsp3) is 0.562. The van der Waals surface area contributed by atoms with E-state index in [4.69, 9.17) is 0 Å². The van der Waals surface area contributed by atoms with Crippen LogP contribution in [-0.2, 0) is 25.5 Å². The van der Waals surface area contributed by atoms with Gasteiger partial charge in [0.2, 0.25) is 11.8 Å². The van der Waals surface area contributed by atoms with Crippen molar-refractivity contribution in [2.24, 2.45) is 0 Å². The fourth-order valence-electron chi connectivity index (χ4n) is 1.86. The lowest BCUT2D eigenvalue weighted by Crippen LogP contribution is -2.46. The molecule has 0 saturated carbocycles. The number of nitrogens with one attached hydrogen (secondary N) is 2. The summed E-state index contributed by atoms with van der Waals surface area (Å²) in [5.41, 5.74) is -0.542. The number of hydrogen-bond donors (Lipinski definition) is 2. The van der Waals surface area contributed by atoms with Gasteiger partial charge in [-0.3, -0.25) is 19.2 Å². The van der Waals surface area contributed by atoms with Crippen LogP contribution < -0.4 is 10.9 Å². The second kappa shape index (κ2) is 9.37. The first kappa shape index (κ1) is 21.7. The molecule has 0 bridgehead atoms. The molecule has 9 nitrogen and oxygen atoms in total. The third kappa shape index (κ3) is 8.15. The Labute approximate surface area is 155 Å². The van der Waals surface area contributed by atoms with E-state index in [1.54, 1.807) is 0 Å². The molecule has 0 unspecified atom stereocenters. The summed E-state index contributed by atoms with van der Waals surface area (Å²) in [4.78, 5) is 54.8. The minimum Gasteiger partial charge on any atom is -0.469 e. The van der Waals surface area contributed by atoms with Crippen molar-refractivity contribution in [3.05, 3.63) is 22.1 Å². The van der Waals surface area contributed by atoms with E-state index in [1.807, 2.05) is 20.8 Å². The standard InChI is InChI=1S/C16H24N4O5S/c1-16(2,3)19-12(22)8-20(4)13(23)9-26-15-17-10(6-11(21)18-15)7-14(24)25-5/h6H,7-9H2,1-5H3,(H,19,22)(H,17,18,21). The van der Waals surface area contributed by atoms with E-state index in [1.165, 1.54) is 25.1 Å². The summed E-state index contributed by atoms with van der Waals surface area (Å²) in [6, 6.07) is 1.20. The van der Waals surface area contributed by atoms with Gasteiger partial charge in [0.15, 0.2) is 5.16 Å². The number of aromatic amines is 1. The number of esters is 1. The number of H-pyrrole nitrogens is 1. The Morgan fingerprint density at radius 2 is 2.00 bits per heavy atom. The number of hydrogen-bond acceptors (Lipinski definition) is 7. The molecule has 0 saturated heterocycles. The number of aromatic nitrogens is 2. The molecule has 1 aromatic rings. The number of thioether (sulfide) groups is 1. The maximum Gasteiger partial charge on any atom is 0.311 e. The van der Waals surface area contributed by atoms with Gasteiger partial charge in [-0.1, -0.05) is 11.8 Å². The fourth-order valence-corrected chi connectivity index (χ4v) is 2.70. The van der Waals surface area contributed by atoms with Crippen molar-refractivity contribution in [3.8, 4) is 0 Å². The first-order valence-electron chi connectivity index (χ1n) is 7.85. The Morgan fingerprint density at radius 3 is 2.58 bits per heavy atom. The van der Waals surface area contributed by atoms with Crippen molar-refractivity contribution in [1.82, 2.24) is 20.2 Å². The molecule has 2 N–H and O–H groups in total. The Bertz CT molecular complexity index is 726. The summed E-state index contributed by atoms with van der Waals surface area (Å²) in [5.74, 6) is -1.08. The second-order valence-corrected chi connectivity index (χ2v) is 7.60. The zero-order chi connectivity index (χ0) is 19.9. The molecular weight excluding hydrogens is 360 g/mol. The molecule has 1 aromatic heterocycles. The Balaban J connectivity index is 2.62. The third-order valence-electron chi connectivity index (χ3n) is 2.98. The molecular formula is C16H24N4O5S. The van der Waals surface area contributed by atoms with Gasteiger partial charge in [0.05, 0.1) is 31.5 Å². The average Bonchev–Trinajstić information content (AvgIpc) is 2.49. The van der Waals surface area contributed by atoms with E-state index in [0.717, 1.165) is 11.8 Å². The molecule has 0 fully saturated rings. The van der Waals surface area contributed by atoms with Crippen molar-refractivity contribution in [2.75, 3.05) is 26.5 Å². The molecule has 0 spiro atoms. The van der Waals surface area contributed by atoms with Crippen LogP contribution in [0.4, 0.5) is 0 Å². The van der Waals surface area contributed by atoms with Crippen LogP contribution in [0.1, 0.15) is 26.5 Å². The van der Waals surface area contributed by atoms with Crippen molar-refractivity contribution >= 4 is 29.5 Å². The van der Waals surface area contributed by atoms with Crippen LogP contribution >= 0.6 is 11.8 Å². The van der Waals surface area contributed by atoms with E-state index >= 15 is 0 Å². The van der Waals surface area contributed by atoms with Crippen LogP contribution in [-0.4, -0.2) is 64.6 Å². The first-order chi connectivity index (χ1) is 12.0. The first-order valence-corrected chi connectivity index (χ1v) is 8.83. The number of methoxy groups -OCH3 is 1. The summed E-state index contributed by atoms with van der Waals surface area (Å²) in [5, 5.41) is 2.99. The number of carbonyl (C=O) groups is 3. The topological polar surface area (TPSA) is 121 Å². The summed E-state index contributed by atoms with van der Waals surface area (Å²) in [7, 11) is 2.77. The van der Waals surface area contributed by atoms with E-state index in [-0.39, 0.29) is 46.9 Å². The van der Waals surface area contributed by atoms with Crippen molar-refractivity contribution < 1.29 is 19.1 Å².